The van der Waals surface area contributed by atoms with Crippen molar-refractivity contribution in [3.8, 4) is 0 Å². The van der Waals surface area contributed by atoms with E-state index in [0.717, 1.165) is 17.7 Å². The van der Waals surface area contributed by atoms with Crippen LogP contribution in [-0.4, -0.2) is 36.3 Å². The summed E-state index contributed by atoms with van der Waals surface area (Å²) >= 11 is 0. The number of nitrogens with zero attached hydrogens (tertiary/aromatic N) is 1. The molecule has 1 atom stereocenters. The van der Waals surface area contributed by atoms with Gasteiger partial charge in [-0.1, -0.05) is 12.1 Å². The highest BCUT2D eigenvalue weighted by Crippen LogP contribution is 2.29. The highest BCUT2D eigenvalue weighted by Gasteiger charge is 2.29. The highest BCUT2D eigenvalue weighted by molar-refractivity contribution is 5.24. The van der Waals surface area contributed by atoms with Gasteiger partial charge in [0, 0.05) is 13.1 Å². The van der Waals surface area contributed by atoms with Crippen molar-refractivity contribution in [1.29, 1.82) is 0 Å². The van der Waals surface area contributed by atoms with Gasteiger partial charge in [-0.2, -0.15) is 13.2 Å². The molecule has 0 spiro atoms. The lowest BCUT2D eigenvalue weighted by molar-refractivity contribution is -0.137. The van der Waals surface area contributed by atoms with Crippen LogP contribution < -0.4 is 0 Å². The van der Waals surface area contributed by atoms with E-state index in [1.807, 2.05) is 4.90 Å². The molecule has 1 heterocycles. The Morgan fingerprint density at radius 1 is 1.21 bits per heavy atom. The monoisotopic (exact) mass is 343 g/mol. The van der Waals surface area contributed by atoms with Crippen molar-refractivity contribution >= 4 is 0 Å². The van der Waals surface area contributed by atoms with E-state index in [9.17, 15) is 18.3 Å². The molecule has 1 aromatic heterocycles. The lowest BCUT2D eigenvalue weighted by atomic mass is 10.1. The van der Waals surface area contributed by atoms with Crippen LogP contribution in [0.4, 0.5) is 13.2 Å². The van der Waals surface area contributed by atoms with Gasteiger partial charge >= 0.3 is 6.18 Å². The molecule has 0 aliphatic carbocycles. The Labute approximate surface area is 138 Å². The van der Waals surface area contributed by atoms with Gasteiger partial charge in [0.1, 0.15) is 12.4 Å². The quantitative estimate of drug-likeness (QED) is 0.799. The van der Waals surface area contributed by atoms with Gasteiger partial charge in [-0.05, 0) is 36.9 Å². The number of furan rings is 1. The Hall–Kier alpha value is -1.83. The number of likely N-dealkylation sites (N-methyl/N-ethyl adjacent to an activating group) is 1. The molecule has 0 saturated carbocycles. The van der Waals surface area contributed by atoms with E-state index in [2.05, 4.69) is 0 Å². The summed E-state index contributed by atoms with van der Waals surface area (Å²) in [5.74, 6) is 0.681. The van der Waals surface area contributed by atoms with Gasteiger partial charge in [0.15, 0.2) is 0 Å². The van der Waals surface area contributed by atoms with Crippen molar-refractivity contribution in [2.75, 3.05) is 20.2 Å². The van der Waals surface area contributed by atoms with Gasteiger partial charge in [-0.15, -0.1) is 0 Å². The fourth-order valence-corrected chi connectivity index (χ4v) is 2.28. The number of halogens is 3. The molecule has 0 aliphatic heterocycles. The highest BCUT2D eigenvalue weighted by atomic mass is 19.4. The maximum Gasteiger partial charge on any atom is 0.416 e. The van der Waals surface area contributed by atoms with Gasteiger partial charge in [0.25, 0.3) is 0 Å². The maximum absolute atomic E-state index is 12.5. The predicted molar refractivity (Wildman–Crippen MR) is 82.1 cm³/mol. The van der Waals surface area contributed by atoms with E-state index in [1.165, 1.54) is 12.1 Å². The molecule has 0 aliphatic rings. The van der Waals surface area contributed by atoms with E-state index >= 15 is 0 Å². The van der Waals surface area contributed by atoms with E-state index in [4.69, 9.17) is 9.15 Å². The average Bonchev–Trinajstić information content (AvgIpc) is 3.00. The second-order valence-corrected chi connectivity index (χ2v) is 5.64. The van der Waals surface area contributed by atoms with Crippen molar-refractivity contribution in [2.45, 2.75) is 25.4 Å². The van der Waals surface area contributed by atoms with E-state index in [1.54, 1.807) is 25.4 Å². The Kier molecular flexibility index (Phi) is 6.42. The van der Waals surface area contributed by atoms with Crippen LogP contribution in [0.1, 0.15) is 16.9 Å². The van der Waals surface area contributed by atoms with Crippen molar-refractivity contribution in [1.82, 2.24) is 4.90 Å². The smallest absolute Gasteiger partial charge is 0.416 e. The average molecular weight is 343 g/mol. The van der Waals surface area contributed by atoms with Crippen molar-refractivity contribution in [2.24, 2.45) is 0 Å². The molecule has 0 bridgehead atoms. The fourth-order valence-electron chi connectivity index (χ4n) is 2.28. The number of aliphatic hydroxyl groups excluding tert-OH is 1. The molecule has 132 valence electrons. The summed E-state index contributed by atoms with van der Waals surface area (Å²) in [4.78, 5) is 1.82. The summed E-state index contributed by atoms with van der Waals surface area (Å²) in [5, 5.41) is 9.93. The number of ether oxygens (including phenoxy) is 1. The second kappa shape index (κ2) is 8.32. The molecule has 0 saturated heterocycles. The first-order valence-corrected chi connectivity index (χ1v) is 7.47. The van der Waals surface area contributed by atoms with Crippen LogP contribution in [0.15, 0.2) is 47.1 Å². The molecule has 0 fully saturated rings. The molecule has 1 unspecified atom stereocenters. The molecular formula is C17H20F3NO3. The lowest BCUT2D eigenvalue weighted by Gasteiger charge is -2.20. The van der Waals surface area contributed by atoms with E-state index in [-0.39, 0.29) is 13.2 Å². The number of benzene rings is 1. The van der Waals surface area contributed by atoms with Gasteiger partial charge in [0.05, 0.1) is 24.5 Å². The molecule has 0 radical (unpaired) electrons. The molecule has 24 heavy (non-hydrogen) atoms. The normalized spacial score (nSPS) is 13.4. The number of alkyl halides is 3. The van der Waals surface area contributed by atoms with Crippen LogP contribution in [0.2, 0.25) is 0 Å². The topological polar surface area (TPSA) is 45.8 Å². The number of aliphatic hydroxyl groups is 1. The number of hydrogen-bond acceptors (Lipinski definition) is 4. The molecular weight excluding hydrogens is 323 g/mol. The van der Waals surface area contributed by atoms with Crippen LogP contribution in [0.5, 0.6) is 0 Å². The van der Waals surface area contributed by atoms with Crippen molar-refractivity contribution < 1.29 is 27.4 Å². The zero-order valence-electron chi connectivity index (χ0n) is 13.3. The van der Waals surface area contributed by atoms with Crippen LogP contribution >= 0.6 is 0 Å². The molecule has 0 amide bonds. The van der Waals surface area contributed by atoms with Gasteiger partial charge < -0.3 is 14.3 Å². The van der Waals surface area contributed by atoms with E-state index in [0.29, 0.717) is 18.8 Å². The van der Waals surface area contributed by atoms with Gasteiger partial charge in [-0.3, -0.25) is 4.90 Å². The summed E-state index contributed by atoms with van der Waals surface area (Å²) in [7, 11) is 1.79. The minimum absolute atomic E-state index is 0.151. The first kappa shape index (κ1) is 18.5. The van der Waals surface area contributed by atoms with Crippen LogP contribution in [0.25, 0.3) is 0 Å². The zero-order valence-corrected chi connectivity index (χ0v) is 13.3. The molecule has 7 heteroatoms. The van der Waals surface area contributed by atoms with Crippen LogP contribution in [0.3, 0.4) is 0 Å². The number of rotatable bonds is 8. The minimum atomic E-state index is -4.33. The Morgan fingerprint density at radius 3 is 2.50 bits per heavy atom. The van der Waals surface area contributed by atoms with Gasteiger partial charge in [0.2, 0.25) is 0 Å². The van der Waals surface area contributed by atoms with Crippen molar-refractivity contribution in [3.63, 3.8) is 0 Å². The first-order valence-electron chi connectivity index (χ1n) is 7.47. The third-order valence-electron chi connectivity index (χ3n) is 3.39. The summed E-state index contributed by atoms with van der Waals surface area (Å²) in [6, 6.07) is 8.55. The Morgan fingerprint density at radius 2 is 1.92 bits per heavy atom. The largest absolute Gasteiger partial charge is 0.467 e. The maximum atomic E-state index is 12.5. The molecule has 1 N–H and O–H groups in total. The second-order valence-electron chi connectivity index (χ2n) is 5.64. The Bertz CT molecular complexity index is 597. The van der Waals surface area contributed by atoms with Crippen molar-refractivity contribution in [3.05, 3.63) is 59.5 Å². The zero-order chi connectivity index (χ0) is 17.6. The third kappa shape index (κ3) is 5.99. The summed E-state index contributed by atoms with van der Waals surface area (Å²) in [6.07, 6.45) is -3.47. The third-order valence-corrected chi connectivity index (χ3v) is 3.39. The standard InChI is InChI=1S/C17H20F3NO3/c1-21(9-13-4-6-14(7-5-13)17(18,19)20)10-15(22)11-23-12-16-3-2-8-24-16/h2-8,15,22H,9-12H2,1H3. The summed E-state index contributed by atoms with van der Waals surface area (Å²) in [5.41, 5.74) is 0.0782. The molecule has 2 aromatic rings. The summed E-state index contributed by atoms with van der Waals surface area (Å²) < 4.78 is 48.0. The summed E-state index contributed by atoms with van der Waals surface area (Å²) in [6.45, 7) is 1.22. The number of hydrogen-bond donors (Lipinski definition) is 1. The predicted octanol–water partition coefficient (Wildman–Crippen LogP) is 3.31. The lowest BCUT2D eigenvalue weighted by Crippen LogP contribution is -2.31. The van der Waals surface area contributed by atoms with Gasteiger partial charge in [-0.25, -0.2) is 0 Å². The SMILES string of the molecule is CN(Cc1ccc(C(F)(F)F)cc1)CC(O)COCc1ccco1. The first-order chi connectivity index (χ1) is 11.3. The molecule has 2 rings (SSSR count). The molecule has 4 nitrogen and oxygen atoms in total. The molecule has 1 aromatic carbocycles. The van der Waals surface area contributed by atoms with Crippen LogP contribution in [-0.2, 0) is 24.1 Å². The van der Waals surface area contributed by atoms with E-state index < -0.39 is 17.8 Å². The minimum Gasteiger partial charge on any atom is -0.467 e. The van der Waals surface area contributed by atoms with Crippen LogP contribution in [0, 0.1) is 0 Å². The Balaban J connectivity index is 1.72. The fraction of sp³-hybridized carbons (Fsp3) is 0.412.